The Balaban J connectivity index is 2.00. The van der Waals surface area contributed by atoms with Crippen LogP contribution in [0.15, 0.2) is 53.6 Å². The van der Waals surface area contributed by atoms with Gasteiger partial charge in [-0.15, -0.1) is 0 Å². The number of rotatable bonds is 8. The number of methoxy groups -OCH3 is 1. The van der Waals surface area contributed by atoms with Crippen LogP contribution >= 0.6 is 0 Å². The van der Waals surface area contributed by atoms with E-state index in [0.717, 1.165) is 18.4 Å². The highest BCUT2D eigenvalue weighted by Gasteiger charge is 2.22. The van der Waals surface area contributed by atoms with Crippen LogP contribution < -0.4 is 10.5 Å². The minimum Gasteiger partial charge on any atom is -0.485 e. The molecule has 0 aliphatic heterocycles. The van der Waals surface area contributed by atoms with Crippen LogP contribution in [0.5, 0.6) is 5.75 Å². The number of benzene rings is 2. The Morgan fingerprint density at radius 1 is 1.07 bits per heavy atom. The number of sulfone groups is 1. The van der Waals surface area contributed by atoms with Gasteiger partial charge in [0.25, 0.3) is 0 Å². The predicted molar refractivity (Wildman–Crippen MR) is 147 cm³/mol. The lowest BCUT2D eigenvalue weighted by atomic mass is 10.0. The highest BCUT2D eigenvalue weighted by Crippen LogP contribution is 2.32. The topological polar surface area (TPSA) is 138 Å². The smallest absolute Gasteiger partial charge is 0.410 e. The third-order valence-corrected chi connectivity index (χ3v) is 6.78. The van der Waals surface area contributed by atoms with Crippen LogP contribution in [0.2, 0.25) is 0 Å². The van der Waals surface area contributed by atoms with E-state index in [1.807, 2.05) is 0 Å². The first kappa shape index (κ1) is 30.4. The predicted octanol–water partition coefficient (Wildman–Crippen LogP) is 4.61. The third-order valence-electron chi connectivity index (χ3n) is 5.67. The number of halogens is 1. The molecule has 0 bridgehead atoms. The van der Waals surface area contributed by atoms with Crippen LogP contribution in [0.4, 0.5) is 15.0 Å². The zero-order chi connectivity index (χ0) is 29.8. The van der Waals surface area contributed by atoms with Gasteiger partial charge in [-0.05, 0) is 68.3 Å². The van der Waals surface area contributed by atoms with Gasteiger partial charge in [-0.25, -0.2) is 27.4 Å². The number of carbonyl (C=O) groups is 2. The lowest BCUT2D eigenvalue weighted by molar-refractivity contribution is 0.0285. The Morgan fingerprint density at radius 2 is 1.77 bits per heavy atom. The molecule has 214 valence electrons. The number of ether oxygens (including phenoxy) is 3. The highest BCUT2D eigenvalue weighted by molar-refractivity contribution is 7.90. The summed E-state index contributed by atoms with van der Waals surface area (Å²) in [6, 6.07) is 9.68. The first-order valence-electron chi connectivity index (χ1n) is 12.1. The Morgan fingerprint density at radius 3 is 2.40 bits per heavy atom. The van der Waals surface area contributed by atoms with Crippen LogP contribution in [-0.2, 0) is 32.5 Å². The van der Waals surface area contributed by atoms with Crippen molar-refractivity contribution in [2.45, 2.75) is 44.4 Å². The van der Waals surface area contributed by atoms with Gasteiger partial charge in [0.2, 0.25) is 0 Å². The molecular formula is C28H32FN3O7S. The largest absolute Gasteiger partial charge is 0.485 e. The van der Waals surface area contributed by atoms with Gasteiger partial charge in [0, 0.05) is 37.2 Å². The van der Waals surface area contributed by atoms with Crippen molar-refractivity contribution < 1.29 is 36.6 Å². The maximum Gasteiger partial charge on any atom is 0.410 e. The average molecular weight is 574 g/mol. The van der Waals surface area contributed by atoms with Gasteiger partial charge in [0.1, 0.15) is 18.0 Å². The Labute approximate surface area is 232 Å². The number of amides is 1. The number of nitrogens with two attached hydrogens (primary N) is 1. The second-order valence-corrected chi connectivity index (χ2v) is 12.1. The van der Waals surface area contributed by atoms with Crippen molar-refractivity contribution in [3.8, 4) is 16.9 Å². The van der Waals surface area contributed by atoms with Crippen molar-refractivity contribution in [1.82, 2.24) is 9.88 Å². The number of nitrogen functional groups attached to an aromatic ring is 1. The summed E-state index contributed by atoms with van der Waals surface area (Å²) >= 11 is 0. The molecule has 3 rings (SSSR count). The summed E-state index contributed by atoms with van der Waals surface area (Å²) in [5.74, 6) is -1.09. The Kier molecular flexibility index (Phi) is 9.03. The fourth-order valence-corrected chi connectivity index (χ4v) is 4.36. The number of hydrogen-bond acceptors (Lipinski definition) is 9. The average Bonchev–Trinajstić information content (AvgIpc) is 2.86. The first-order valence-corrected chi connectivity index (χ1v) is 14.0. The molecule has 0 radical (unpaired) electrons. The Hall–Kier alpha value is -4.19. The lowest BCUT2D eigenvalue weighted by Gasteiger charge is -2.25. The SMILES string of the molecule is COC(=O)c1ccc(F)cc1COc1cc(-c2cc(S(C)(=O)=O)ccc2CN(C)C(=O)OC(C)(C)C)cnc1N. The maximum absolute atomic E-state index is 13.9. The Bertz CT molecular complexity index is 1540. The molecule has 1 amide bonds. The molecule has 0 saturated carbocycles. The van der Waals surface area contributed by atoms with Crippen molar-refractivity contribution in [1.29, 1.82) is 0 Å². The van der Waals surface area contributed by atoms with E-state index in [2.05, 4.69) is 4.98 Å². The standard InChI is InChI=1S/C28H32FN3O7S/c1-28(2,3)39-27(34)32(4)15-17-7-9-21(40(6,35)36)13-23(17)18-12-24(25(30)31-14-18)38-16-19-11-20(29)8-10-22(19)26(33)37-5/h7-14H,15-16H2,1-6H3,(H2,30,31). The van der Waals surface area contributed by atoms with Crippen molar-refractivity contribution in [3.05, 3.63) is 71.2 Å². The first-order chi connectivity index (χ1) is 18.6. The van der Waals surface area contributed by atoms with Gasteiger partial charge < -0.3 is 24.8 Å². The molecule has 0 spiro atoms. The summed E-state index contributed by atoms with van der Waals surface area (Å²) in [5.41, 5.74) is 7.22. The highest BCUT2D eigenvalue weighted by atomic mass is 32.2. The molecule has 3 aromatic rings. The lowest BCUT2D eigenvalue weighted by Crippen LogP contribution is -2.33. The molecule has 0 fully saturated rings. The molecule has 1 heterocycles. The van der Waals surface area contributed by atoms with Gasteiger partial charge in [-0.2, -0.15) is 0 Å². The van der Waals surface area contributed by atoms with Crippen LogP contribution in [0, 0.1) is 5.82 Å². The molecule has 10 nitrogen and oxygen atoms in total. The van der Waals surface area contributed by atoms with E-state index in [9.17, 15) is 22.4 Å². The minimum absolute atomic E-state index is 0.0199. The summed E-state index contributed by atoms with van der Waals surface area (Å²) in [6.45, 7) is 5.13. The van der Waals surface area contributed by atoms with Crippen LogP contribution in [0.1, 0.15) is 42.3 Å². The van der Waals surface area contributed by atoms with Gasteiger partial charge in [-0.3, -0.25) is 0 Å². The van der Waals surface area contributed by atoms with Gasteiger partial charge in [0.15, 0.2) is 21.4 Å². The van der Waals surface area contributed by atoms with E-state index >= 15 is 0 Å². The quantitative estimate of drug-likeness (QED) is 0.383. The van der Waals surface area contributed by atoms with Crippen LogP contribution in [-0.4, -0.2) is 56.4 Å². The van der Waals surface area contributed by atoms with E-state index in [1.165, 1.54) is 36.4 Å². The molecule has 12 heteroatoms. The van der Waals surface area contributed by atoms with Crippen LogP contribution in [0.3, 0.4) is 0 Å². The summed E-state index contributed by atoms with van der Waals surface area (Å²) in [7, 11) is -0.786. The van der Waals surface area contributed by atoms with Crippen molar-refractivity contribution in [3.63, 3.8) is 0 Å². The molecule has 2 N–H and O–H groups in total. The summed E-state index contributed by atoms with van der Waals surface area (Å²) in [4.78, 5) is 30.3. The maximum atomic E-state index is 13.9. The molecule has 0 aliphatic carbocycles. The normalized spacial score (nSPS) is 11.6. The second kappa shape index (κ2) is 11.9. The number of aromatic nitrogens is 1. The molecule has 0 atom stereocenters. The molecular weight excluding hydrogens is 541 g/mol. The minimum atomic E-state index is -3.56. The monoisotopic (exact) mass is 573 g/mol. The molecule has 40 heavy (non-hydrogen) atoms. The van der Waals surface area contributed by atoms with Gasteiger partial charge in [0.05, 0.1) is 17.6 Å². The van der Waals surface area contributed by atoms with Crippen LogP contribution in [0.25, 0.3) is 11.1 Å². The fourth-order valence-electron chi connectivity index (χ4n) is 3.72. The number of hydrogen-bond donors (Lipinski definition) is 1. The third kappa shape index (κ3) is 7.69. The van der Waals surface area contributed by atoms with Crippen molar-refractivity contribution >= 4 is 27.7 Å². The van der Waals surface area contributed by atoms with E-state index in [4.69, 9.17) is 19.9 Å². The van der Waals surface area contributed by atoms with E-state index in [0.29, 0.717) is 16.7 Å². The molecule has 1 aromatic heterocycles. The number of pyridine rings is 1. The van der Waals surface area contributed by atoms with Crippen molar-refractivity contribution in [2.24, 2.45) is 0 Å². The van der Waals surface area contributed by atoms with E-state index in [-0.39, 0.29) is 40.7 Å². The zero-order valence-electron chi connectivity index (χ0n) is 23.1. The fraction of sp³-hybridized carbons (Fsp3) is 0.321. The number of carbonyl (C=O) groups excluding carboxylic acids is 2. The molecule has 0 saturated heterocycles. The zero-order valence-corrected chi connectivity index (χ0v) is 24.0. The molecule has 0 aliphatic rings. The number of nitrogens with zero attached hydrogens (tertiary/aromatic N) is 2. The van der Waals surface area contributed by atoms with E-state index in [1.54, 1.807) is 40.0 Å². The van der Waals surface area contributed by atoms with E-state index < -0.39 is 33.3 Å². The number of anilines is 1. The van der Waals surface area contributed by atoms with Gasteiger partial charge in [-0.1, -0.05) is 6.07 Å². The van der Waals surface area contributed by atoms with Crippen molar-refractivity contribution in [2.75, 3.05) is 26.1 Å². The summed E-state index contributed by atoms with van der Waals surface area (Å²) in [5, 5.41) is 0. The number of esters is 1. The second-order valence-electron chi connectivity index (χ2n) is 10.1. The molecule has 2 aromatic carbocycles. The molecule has 0 unspecified atom stereocenters. The van der Waals surface area contributed by atoms with Gasteiger partial charge >= 0.3 is 12.1 Å². The summed E-state index contributed by atoms with van der Waals surface area (Å²) in [6.07, 6.45) is 1.98. The summed E-state index contributed by atoms with van der Waals surface area (Å²) < 4.78 is 54.6.